The minimum atomic E-state index is -1.02. The average Bonchev–Trinajstić information content (AvgIpc) is 3.34. The van der Waals surface area contributed by atoms with Crippen molar-refractivity contribution in [3.05, 3.63) is 47.3 Å². The molecule has 2 atom stereocenters. The number of amides is 1. The SMILES string of the molecule is O=C(NC(C(=O)O)C1CCc2ccccc21)c1cn(C2CCCCC2)nn1. The smallest absolute Gasteiger partial charge is 0.326 e. The Morgan fingerprint density at radius 2 is 1.93 bits per heavy atom. The first kappa shape index (κ1) is 17.7. The standard InChI is InChI=1S/C20H24N4O3/c25-19(17-12-24(23-22-17)14-7-2-1-3-8-14)21-18(20(26)27)16-11-10-13-6-4-5-9-15(13)16/h4-6,9,12,14,16,18H,1-3,7-8,10-11H2,(H,21,25)(H,26,27). The molecule has 7 heteroatoms. The van der Waals surface area contributed by atoms with E-state index >= 15 is 0 Å². The highest BCUT2D eigenvalue weighted by Gasteiger charge is 2.35. The largest absolute Gasteiger partial charge is 0.480 e. The van der Waals surface area contributed by atoms with Crippen LogP contribution in [-0.2, 0) is 11.2 Å². The molecule has 2 aliphatic rings. The van der Waals surface area contributed by atoms with Gasteiger partial charge in [-0.15, -0.1) is 5.10 Å². The molecule has 27 heavy (non-hydrogen) atoms. The Morgan fingerprint density at radius 3 is 2.70 bits per heavy atom. The highest BCUT2D eigenvalue weighted by molar-refractivity contribution is 5.95. The Morgan fingerprint density at radius 1 is 1.15 bits per heavy atom. The molecule has 1 amide bonds. The van der Waals surface area contributed by atoms with Crippen molar-refractivity contribution in [3.63, 3.8) is 0 Å². The summed E-state index contributed by atoms with van der Waals surface area (Å²) < 4.78 is 1.76. The molecule has 1 aromatic carbocycles. The molecule has 0 saturated heterocycles. The number of rotatable bonds is 5. The van der Waals surface area contributed by atoms with Gasteiger partial charge in [-0.3, -0.25) is 4.79 Å². The van der Waals surface area contributed by atoms with Gasteiger partial charge in [-0.05, 0) is 36.8 Å². The minimum absolute atomic E-state index is 0.179. The van der Waals surface area contributed by atoms with E-state index in [1.54, 1.807) is 10.9 Å². The van der Waals surface area contributed by atoms with Gasteiger partial charge in [0, 0.05) is 5.92 Å². The number of hydrogen-bond acceptors (Lipinski definition) is 4. The van der Waals surface area contributed by atoms with Gasteiger partial charge in [0.2, 0.25) is 0 Å². The number of benzene rings is 1. The molecular formula is C20H24N4O3. The molecule has 2 aromatic rings. The molecule has 1 saturated carbocycles. The third-order valence-corrected chi connectivity index (χ3v) is 5.83. The van der Waals surface area contributed by atoms with E-state index < -0.39 is 17.9 Å². The second-order valence-corrected chi connectivity index (χ2v) is 7.51. The lowest BCUT2D eigenvalue weighted by molar-refractivity contribution is -0.139. The summed E-state index contributed by atoms with van der Waals surface area (Å²) in [5.41, 5.74) is 2.35. The molecule has 142 valence electrons. The summed E-state index contributed by atoms with van der Waals surface area (Å²) in [5.74, 6) is -1.73. The predicted octanol–water partition coefficient (Wildman–Crippen LogP) is 2.70. The van der Waals surface area contributed by atoms with Crippen molar-refractivity contribution in [1.29, 1.82) is 0 Å². The van der Waals surface area contributed by atoms with Gasteiger partial charge in [-0.2, -0.15) is 0 Å². The molecule has 2 aliphatic carbocycles. The van der Waals surface area contributed by atoms with Crippen LogP contribution in [0.15, 0.2) is 30.5 Å². The maximum Gasteiger partial charge on any atom is 0.326 e. The Hall–Kier alpha value is -2.70. The summed E-state index contributed by atoms with van der Waals surface area (Å²) in [4.78, 5) is 24.5. The molecule has 0 aliphatic heterocycles. The summed E-state index contributed by atoms with van der Waals surface area (Å²) in [6, 6.07) is 7.15. The quantitative estimate of drug-likeness (QED) is 0.846. The second-order valence-electron chi connectivity index (χ2n) is 7.51. The van der Waals surface area contributed by atoms with Crippen LogP contribution in [0, 0.1) is 0 Å². The van der Waals surface area contributed by atoms with Gasteiger partial charge in [-0.1, -0.05) is 48.7 Å². The van der Waals surface area contributed by atoms with Crippen molar-refractivity contribution >= 4 is 11.9 Å². The fourth-order valence-corrected chi connectivity index (χ4v) is 4.39. The Bertz CT molecular complexity index is 841. The van der Waals surface area contributed by atoms with E-state index in [4.69, 9.17) is 0 Å². The predicted molar refractivity (Wildman–Crippen MR) is 98.5 cm³/mol. The third-order valence-electron chi connectivity index (χ3n) is 5.83. The lowest BCUT2D eigenvalue weighted by Gasteiger charge is -2.21. The van der Waals surface area contributed by atoms with E-state index in [0.29, 0.717) is 6.42 Å². The first-order chi connectivity index (χ1) is 13.1. The molecule has 1 aromatic heterocycles. The van der Waals surface area contributed by atoms with Gasteiger partial charge in [0.1, 0.15) is 6.04 Å². The van der Waals surface area contributed by atoms with Crippen LogP contribution < -0.4 is 5.32 Å². The van der Waals surface area contributed by atoms with Crippen LogP contribution in [0.5, 0.6) is 0 Å². The molecule has 0 radical (unpaired) electrons. The molecule has 7 nitrogen and oxygen atoms in total. The van der Waals surface area contributed by atoms with Gasteiger partial charge in [0.15, 0.2) is 5.69 Å². The second kappa shape index (κ2) is 7.50. The summed E-state index contributed by atoms with van der Waals surface area (Å²) in [5, 5.41) is 20.5. The fraction of sp³-hybridized carbons (Fsp3) is 0.500. The van der Waals surface area contributed by atoms with E-state index in [1.807, 2.05) is 24.3 Å². The van der Waals surface area contributed by atoms with Gasteiger partial charge in [0.25, 0.3) is 5.91 Å². The van der Waals surface area contributed by atoms with Crippen LogP contribution in [-0.4, -0.2) is 38.0 Å². The number of nitrogens with one attached hydrogen (secondary N) is 1. The number of aliphatic carboxylic acids is 1. The van der Waals surface area contributed by atoms with Gasteiger partial charge in [0.05, 0.1) is 12.2 Å². The summed E-state index contributed by atoms with van der Waals surface area (Å²) in [6.07, 6.45) is 8.84. The lowest BCUT2D eigenvalue weighted by Crippen LogP contribution is -2.44. The zero-order valence-electron chi connectivity index (χ0n) is 15.2. The number of fused-ring (bicyclic) bond motifs is 1. The lowest BCUT2D eigenvalue weighted by atomic mass is 9.93. The zero-order valence-corrected chi connectivity index (χ0v) is 15.2. The molecular weight excluding hydrogens is 344 g/mol. The molecule has 0 spiro atoms. The molecule has 2 unspecified atom stereocenters. The van der Waals surface area contributed by atoms with Crippen LogP contribution in [0.3, 0.4) is 0 Å². The van der Waals surface area contributed by atoms with E-state index in [-0.39, 0.29) is 17.7 Å². The van der Waals surface area contributed by atoms with E-state index in [9.17, 15) is 14.7 Å². The zero-order chi connectivity index (χ0) is 18.8. The van der Waals surface area contributed by atoms with E-state index in [2.05, 4.69) is 15.6 Å². The van der Waals surface area contributed by atoms with E-state index in [0.717, 1.165) is 43.2 Å². The van der Waals surface area contributed by atoms with Crippen LogP contribution in [0.4, 0.5) is 0 Å². The van der Waals surface area contributed by atoms with Gasteiger partial charge in [-0.25, -0.2) is 9.48 Å². The molecule has 1 fully saturated rings. The monoisotopic (exact) mass is 368 g/mol. The van der Waals surface area contributed by atoms with E-state index in [1.165, 1.54) is 6.42 Å². The van der Waals surface area contributed by atoms with Crippen molar-refractivity contribution in [2.24, 2.45) is 0 Å². The average molecular weight is 368 g/mol. The van der Waals surface area contributed by atoms with Crippen LogP contribution in [0.25, 0.3) is 0 Å². The number of nitrogens with zero attached hydrogens (tertiary/aromatic N) is 3. The number of carbonyl (C=O) groups excluding carboxylic acids is 1. The number of aryl methyl sites for hydroxylation is 1. The number of hydrogen-bond donors (Lipinski definition) is 2. The number of carboxylic acids is 1. The van der Waals surface area contributed by atoms with Crippen LogP contribution in [0.2, 0.25) is 0 Å². The fourth-order valence-electron chi connectivity index (χ4n) is 4.39. The number of carboxylic acid groups (broad SMARTS) is 1. The number of carbonyl (C=O) groups is 2. The van der Waals surface area contributed by atoms with Crippen molar-refractivity contribution in [2.45, 2.75) is 62.9 Å². The molecule has 1 heterocycles. The first-order valence-electron chi connectivity index (χ1n) is 9.67. The maximum atomic E-state index is 12.6. The first-order valence-corrected chi connectivity index (χ1v) is 9.67. The van der Waals surface area contributed by atoms with Crippen molar-refractivity contribution in [3.8, 4) is 0 Å². The summed E-state index contributed by atoms with van der Waals surface area (Å²) >= 11 is 0. The minimum Gasteiger partial charge on any atom is -0.480 e. The third kappa shape index (κ3) is 3.59. The molecule has 0 bridgehead atoms. The maximum absolute atomic E-state index is 12.6. The van der Waals surface area contributed by atoms with Crippen LogP contribution >= 0.6 is 0 Å². The summed E-state index contributed by atoms with van der Waals surface area (Å²) in [7, 11) is 0. The molecule has 4 rings (SSSR count). The van der Waals surface area contributed by atoms with Crippen LogP contribution in [0.1, 0.15) is 72.1 Å². The molecule has 2 N–H and O–H groups in total. The normalized spacial score (nSPS) is 20.8. The highest BCUT2D eigenvalue weighted by atomic mass is 16.4. The Balaban J connectivity index is 1.49. The van der Waals surface area contributed by atoms with Gasteiger partial charge < -0.3 is 10.4 Å². The van der Waals surface area contributed by atoms with Crippen molar-refractivity contribution in [2.75, 3.05) is 0 Å². The van der Waals surface area contributed by atoms with Crippen molar-refractivity contribution in [1.82, 2.24) is 20.3 Å². The highest BCUT2D eigenvalue weighted by Crippen LogP contribution is 2.35. The number of aromatic nitrogens is 3. The Labute approximate surface area is 157 Å². The summed E-state index contributed by atoms with van der Waals surface area (Å²) in [6.45, 7) is 0. The Kier molecular flexibility index (Phi) is 4.92. The van der Waals surface area contributed by atoms with Gasteiger partial charge >= 0.3 is 5.97 Å². The van der Waals surface area contributed by atoms with Crippen molar-refractivity contribution < 1.29 is 14.7 Å². The topological polar surface area (TPSA) is 97.1 Å².